The van der Waals surface area contributed by atoms with E-state index in [2.05, 4.69) is 0 Å². The first kappa shape index (κ1) is 16.2. The fraction of sp³-hybridized carbons (Fsp3) is 0.750. The Morgan fingerprint density at radius 1 is 1.45 bits per heavy atom. The van der Waals surface area contributed by atoms with Gasteiger partial charge in [-0.25, -0.2) is 0 Å². The minimum absolute atomic E-state index is 0.100. The number of morpholine rings is 1. The minimum atomic E-state index is -4.38. The molecule has 0 bridgehead atoms. The van der Waals surface area contributed by atoms with E-state index < -0.39 is 33.2 Å². The molecule has 0 aliphatic carbocycles. The van der Waals surface area contributed by atoms with Gasteiger partial charge in [0.15, 0.2) is 0 Å². The Kier molecular flexibility index (Phi) is 5.07. The van der Waals surface area contributed by atoms with E-state index in [0.29, 0.717) is 13.2 Å². The first-order chi connectivity index (χ1) is 9.40. The standard InChI is InChI=1S/C9H12F3NO.C3H5O2.In/c1-3-8(2,9(10,11)12)13-4-6-14-7-5-13;1-2-5-3-4;/h1,3H,2,4-7H2;2H2,1H3;. The van der Waals surface area contributed by atoms with Gasteiger partial charge in [0.25, 0.3) is 0 Å². The summed E-state index contributed by atoms with van der Waals surface area (Å²) in [5.41, 5.74) is -1.98. The van der Waals surface area contributed by atoms with Crippen LogP contribution in [0.4, 0.5) is 18.0 Å². The summed E-state index contributed by atoms with van der Waals surface area (Å²) in [4.78, 5) is 13.2. The molecule has 0 aromatic heterocycles. The van der Waals surface area contributed by atoms with Crippen molar-refractivity contribution in [2.24, 2.45) is 0 Å². The van der Waals surface area contributed by atoms with Crippen molar-refractivity contribution in [2.75, 3.05) is 32.9 Å². The van der Waals surface area contributed by atoms with Crippen LogP contribution in [0.1, 0.15) is 6.92 Å². The first-order valence-electron chi connectivity index (χ1n) is 6.66. The van der Waals surface area contributed by atoms with E-state index in [1.54, 1.807) is 6.92 Å². The summed E-state index contributed by atoms with van der Waals surface area (Å²) in [7, 11) is 0. The van der Waals surface area contributed by atoms with Crippen molar-refractivity contribution in [1.29, 1.82) is 0 Å². The molecular formula is C12H17F3InNO3. The fourth-order valence-corrected chi connectivity index (χ4v) is 10.4. The van der Waals surface area contributed by atoms with Gasteiger partial charge in [-0.05, 0) is 0 Å². The molecule has 1 saturated heterocycles. The maximum absolute atomic E-state index is 13.6. The Morgan fingerprint density at radius 2 is 2.10 bits per heavy atom. The van der Waals surface area contributed by atoms with Crippen LogP contribution in [0.3, 0.4) is 0 Å². The van der Waals surface area contributed by atoms with E-state index >= 15 is 0 Å². The second-order valence-corrected chi connectivity index (χ2v) is 12.0. The Hall–Kier alpha value is -0.210. The van der Waals surface area contributed by atoms with Crippen molar-refractivity contribution in [1.82, 2.24) is 4.90 Å². The van der Waals surface area contributed by atoms with E-state index in [-0.39, 0.29) is 27.6 Å². The number of hydrogen-bond donors (Lipinski definition) is 0. The summed E-state index contributed by atoms with van der Waals surface area (Å²) in [6, 6.07) is 0. The molecule has 1 unspecified atom stereocenters. The Morgan fingerprint density at radius 3 is 2.65 bits per heavy atom. The fourth-order valence-electron chi connectivity index (χ4n) is 2.74. The zero-order valence-electron chi connectivity index (χ0n) is 11.3. The number of carbonyl (C=O) groups is 1. The number of hydrogen-bond acceptors (Lipinski definition) is 4. The molecule has 0 aromatic carbocycles. The number of halogens is 3. The van der Waals surface area contributed by atoms with E-state index in [0.717, 1.165) is 0 Å². The summed E-state index contributed by atoms with van der Waals surface area (Å²) >= 11 is -3.10. The molecule has 0 amide bonds. The predicted octanol–water partition coefficient (Wildman–Crippen LogP) is 1.96. The van der Waals surface area contributed by atoms with E-state index in [1.165, 1.54) is 14.8 Å². The van der Waals surface area contributed by atoms with Crippen LogP contribution >= 0.6 is 0 Å². The molecule has 0 saturated carbocycles. The summed E-state index contributed by atoms with van der Waals surface area (Å²) in [6.07, 6.45) is -3.17. The van der Waals surface area contributed by atoms with Crippen LogP contribution in [0.5, 0.6) is 0 Å². The van der Waals surface area contributed by atoms with Crippen LogP contribution in [0, 0.1) is 0 Å². The van der Waals surface area contributed by atoms with E-state index in [4.69, 9.17) is 9.47 Å². The summed E-state index contributed by atoms with van der Waals surface area (Å²) < 4.78 is 51.8. The van der Waals surface area contributed by atoms with Crippen molar-refractivity contribution in [3.05, 3.63) is 9.91 Å². The maximum atomic E-state index is 13.6. The SMILES string of the molecule is CCO[C](=O)[In]1[CH]=CC(N2CCOCC2)(C(F)(F)F)[CH2]1. The van der Waals surface area contributed by atoms with Crippen molar-refractivity contribution < 1.29 is 27.4 Å². The second kappa shape index (κ2) is 6.27. The average molecular weight is 395 g/mol. The molecule has 4 nitrogen and oxygen atoms in total. The normalized spacial score (nSPS) is 27.9. The number of alkyl halides is 3. The molecule has 0 aromatic rings. The zero-order valence-corrected chi connectivity index (χ0v) is 14.6. The van der Waals surface area contributed by atoms with Gasteiger partial charge < -0.3 is 0 Å². The molecule has 2 aliphatic heterocycles. The van der Waals surface area contributed by atoms with Crippen LogP contribution in [-0.4, -0.2) is 74.7 Å². The summed E-state index contributed by atoms with van der Waals surface area (Å²) in [5, 5.41) is 0. The van der Waals surface area contributed by atoms with Crippen molar-refractivity contribution in [3.8, 4) is 0 Å². The second-order valence-electron chi connectivity index (χ2n) is 4.94. The van der Waals surface area contributed by atoms with Crippen LogP contribution in [0.15, 0.2) is 9.91 Å². The molecule has 1 atom stereocenters. The van der Waals surface area contributed by atoms with Crippen LogP contribution in [-0.2, 0) is 9.47 Å². The molecule has 2 rings (SSSR count). The molecule has 0 N–H and O–H groups in total. The van der Waals surface area contributed by atoms with Crippen molar-refractivity contribution in [2.45, 2.75) is 22.8 Å². The van der Waals surface area contributed by atoms with Gasteiger partial charge in [0.1, 0.15) is 0 Å². The molecular weight excluding hydrogens is 378 g/mol. The Balaban J connectivity index is 2.19. The first-order valence-corrected chi connectivity index (χ1v) is 12.5. The van der Waals surface area contributed by atoms with Crippen LogP contribution in [0.2, 0.25) is 4.18 Å². The van der Waals surface area contributed by atoms with Crippen LogP contribution in [0.25, 0.3) is 0 Å². The van der Waals surface area contributed by atoms with E-state index in [9.17, 15) is 18.0 Å². The monoisotopic (exact) mass is 395 g/mol. The van der Waals surface area contributed by atoms with Gasteiger partial charge in [-0.1, -0.05) is 0 Å². The van der Waals surface area contributed by atoms with E-state index in [1.807, 2.05) is 0 Å². The number of rotatable bonds is 3. The average Bonchev–Trinajstić information content (AvgIpc) is 2.86. The Bertz CT molecular complexity index is 396. The summed E-state index contributed by atoms with van der Waals surface area (Å²) in [6.45, 7) is 2.96. The third-order valence-corrected chi connectivity index (χ3v) is 10.9. The van der Waals surface area contributed by atoms with Gasteiger partial charge in [-0.2, -0.15) is 0 Å². The van der Waals surface area contributed by atoms with Crippen molar-refractivity contribution >= 4 is 25.2 Å². The Labute approximate surface area is 123 Å². The number of carbonyl (C=O) groups excluding carboxylic acids is 1. The molecule has 0 spiro atoms. The predicted molar refractivity (Wildman–Crippen MR) is 67.9 cm³/mol. The molecule has 1 fully saturated rings. The third-order valence-electron chi connectivity index (χ3n) is 3.79. The molecule has 2 heterocycles. The quantitative estimate of drug-likeness (QED) is 0.733. The zero-order chi connectivity index (χ0) is 14.8. The van der Waals surface area contributed by atoms with Gasteiger partial charge in [0.2, 0.25) is 0 Å². The number of nitrogens with zero attached hydrogens (tertiary/aromatic N) is 1. The molecule has 20 heavy (non-hydrogen) atoms. The molecule has 8 heteroatoms. The van der Waals surface area contributed by atoms with Crippen molar-refractivity contribution in [3.63, 3.8) is 0 Å². The van der Waals surface area contributed by atoms with Gasteiger partial charge in [-0.15, -0.1) is 0 Å². The molecule has 0 radical (unpaired) electrons. The molecule has 112 valence electrons. The van der Waals surface area contributed by atoms with Crippen LogP contribution < -0.4 is 0 Å². The van der Waals surface area contributed by atoms with Gasteiger partial charge >= 0.3 is 123 Å². The number of ether oxygens (including phenoxy) is 2. The summed E-state index contributed by atoms with van der Waals surface area (Å²) in [5.74, 6) is 0. The van der Waals surface area contributed by atoms with Gasteiger partial charge in [0.05, 0.1) is 0 Å². The van der Waals surface area contributed by atoms with Gasteiger partial charge in [0, 0.05) is 0 Å². The van der Waals surface area contributed by atoms with Gasteiger partial charge in [-0.3, -0.25) is 0 Å². The third kappa shape index (κ3) is 3.01. The molecule has 2 aliphatic rings. The topological polar surface area (TPSA) is 38.8 Å².